The lowest BCUT2D eigenvalue weighted by Crippen LogP contribution is -2.49. The van der Waals surface area contributed by atoms with E-state index in [0.717, 1.165) is 41.3 Å². The summed E-state index contributed by atoms with van der Waals surface area (Å²) >= 11 is 0. The maximum absolute atomic E-state index is 12.9. The quantitative estimate of drug-likeness (QED) is 0.840. The number of piperazine rings is 1. The van der Waals surface area contributed by atoms with E-state index >= 15 is 0 Å². The first-order valence-electron chi connectivity index (χ1n) is 8.85. The van der Waals surface area contributed by atoms with Crippen LogP contribution in [0.1, 0.15) is 22.4 Å². The number of rotatable bonds is 2. The van der Waals surface area contributed by atoms with Crippen molar-refractivity contribution in [2.75, 3.05) is 31.1 Å². The van der Waals surface area contributed by atoms with Gasteiger partial charge in [-0.1, -0.05) is 12.1 Å². The van der Waals surface area contributed by atoms with Gasteiger partial charge in [-0.2, -0.15) is 5.26 Å². The first-order valence-corrected chi connectivity index (χ1v) is 8.85. The zero-order valence-electron chi connectivity index (χ0n) is 14.8. The van der Waals surface area contributed by atoms with Crippen LogP contribution in [0.4, 0.5) is 5.82 Å². The Morgan fingerprint density at radius 1 is 1.15 bits per heavy atom. The fraction of sp³-hybridized carbons (Fsp3) is 0.286. The largest absolute Gasteiger partial charge is 0.353 e. The van der Waals surface area contributed by atoms with Gasteiger partial charge in [0.05, 0.1) is 11.6 Å². The maximum atomic E-state index is 12.9. The van der Waals surface area contributed by atoms with E-state index < -0.39 is 0 Å². The molecule has 0 unspecified atom stereocenters. The number of fused-ring (bicyclic) bond motifs is 1. The van der Waals surface area contributed by atoms with Crippen molar-refractivity contribution in [3.05, 3.63) is 64.4 Å². The third kappa shape index (κ3) is 3.06. The van der Waals surface area contributed by atoms with Gasteiger partial charge in [-0.05, 0) is 48.4 Å². The average Bonchev–Trinajstić information content (AvgIpc) is 3.10. The van der Waals surface area contributed by atoms with Crippen molar-refractivity contribution in [1.82, 2.24) is 9.88 Å². The zero-order valence-corrected chi connectivity index (χ0v) is 14.8. The lowest BCUT2D eigenvalue weighted by atomic mass is 10.1. The third-order valence-corrected chi connectivity index (χ3v) is 5.02. The molecule has 0 atom stereocenters. The van der Waals surface area contributed by atoms with E-state index in [-0.39, 0.29) is 5.91 Å². The lowest BCUT2D eigenvalue weighted by molar-refractivity contribution is -0.127. The molecule has 0 bridgehead atoms. The first kappa shape index (κ1) is 16.3. The summed E-state index contributed by atoms with van der Waals surface area (Å²) in [5, 5.41) is 9.03. The number of aryl methyl sites for hydroxylation is 1. The van der Waals surface area contributed by atoms with E-state index in [2.05, 4.69) is 16.0 Å². The van der Waals surface area contributed by atoms with Crippen molar-refractivity contribution < 1.29 is 4.79 Å². The molecule has 5 heteroatoms. The van der Waals surface area contributed by atoms with Crippen molar-refractivity contribution in [2.24, 2.45) is 0 Å². The minimum absolute atomic E-state index is 0.108. The van der Waals surface area contributed by atoms with Gasteiger partial charge in [-0.15, -0.1) is 0 Å². The minimum atomic E-state index is 0.108. The van der Waals surface area contributed by atoms with E-state index in [4.69, 9.17) is 5.26 Å². The molecule has 1 aliphatic carbocycles. The highest BCUT2D eigenvalue weighted by atomic mass is 16.2. The number of pyridine rings is 1. The number of benzene rings is 1. The van der Waals surface area contributed by atoms with E-state index in [1.54, 1.807) is 0 Å². The molecule has 0 radical (unpaired) electrons. The lowest BCUT2D eigenvalue weighted by Gasteiger charge is -2.35. The second-order valence-electron chi connectivity index (χ2n) is 6.79. The molecule has 1 aromatic carbocycles. The molecular formula is C21H20N4O. The number of hydrogen-bond donors (Lipinski definition) is 0. The Kier molecular flexibility index (Phi) is 4.18. The van der Waals surface area contributed by atoms with Gasteiger partial charge in [0.25, 0.3) is 0 Å². The Labute approximate surface area is 153 Å². The number of hydrogen-bond acceptors (Lipinski definition) is 4. The number of amides is 1. The topological polar surface area (TPSA) is 60.2 Å². The van der Waals surface area contributed by atoms with Gasteiger partial charge in [0.1, 0.15) is 5.82 Å². The molecule has 2 heterocycles. The number of nitriles is 1. The number of nitrogens with zero attached hydrogens (tertiary/aromatic N) is 4. The van der Waals surface area contributed by atoms with E-state index in [0.29, 0.717) is 25.1 Å². The molecule has 1 saturated heterocycles. The van der Waals surface area contributed by atoms with Gasteiger partial charge in [0.2, 0.25) is 5.91 Å². The smallest absolute Gasteiger partial charge is 0.250 e. The van der Waals surface area contributed by atoms with E-state index in [1.807, 2.05) is 54.3 Å². The molecule has 5 nitrogen and oxygen atoms in total. The van der Waals surface area contributed by atoms with Gasteiger partial charge in [0.15, 0.2) is 0 Å². The van der Waals surface area contributed by atoms with Crippen LogP contribution in [0.25, 0.3) is 6.08 Å². The van der Waals surface area contributed by atoms with Gasteiger partial charge in [0, 0.05) is 43.9 Å². The molecule has 1 aromatic heterocycles. The second-order valence-corrected chi connectivity index (χ2v) is 6.79. The second kappa shape index (κ2) is 6.64. The summed E-state index contributed by atoms with van der Waals surface area (Å²) < 4.78 is 0. The maximum Gasteiger partial charge on any atom is 0.250 e. The molecule has 2 aromatic rings. The minimum Gasteiger partial charge on any atom is -0.353 e. The zero-order chi connectivity index (χ0) is 18.1. The molecule has 4 rings (SSSR count). The highest BCUT2D eigenvalue weighted by Crippen LogP contribution is 2.27. The van der Waals surface area contributed by atoms with Gasteiger partial charge >= 0.3 is 0 Å². The van der Waals surface area contributed by atoms with Crippen LogP contribution in [-0.4, -0.2) is 42.0 Å². The van der Waals surface area contributed by atoms with Gasteiger partial charge in [-0.25, -0.2) is 4.98 Å². The monoisotopic (exact) mass is 344 g/mol. The van der Waals surface area contributed by atoms with Crippen molar-refractivity contribution in [1.29, 1.82) is 5.26 Å². The first-order chi connectivity index (χ1) is 12.6. The fourth-order valence-electron chi connectivity index (χ4n) is 3.59. The Hall–Kier alpha value is -3.13. The van der Waals surface area contributed by atoms with Crippen LogP contribution < -0.4 is 4.90 Å². The molecule has 0 spiro atoms. The summed E-state index contributed by atoms with van der Waals surface area (Å²) in [5.74, 6) is 1.09. The number of aromatic nitrogens is 1. The van der Waals surface area contributed by atoms with Crippen molar-refractivity contribution >= 4 is 17.8 Å². The van der Waals surface area contributed by atoms with Crippen LogP contribution in [0, 0.1) is 18.3 Å². The predicted molar refractivity (Wildman–Crippen MR) is 101 cm³/mol. The Morgan fingerprint density at radius 2 is 1.96 bits per heavy atom. The van der Waals surface area contributed by atoms with Crippen molar-refractivity contribution in [3.8, 4) is 6.07 Å². The third-order valence-electron chi connectivity index (χ3n) is 5.02. The molecule has 1 fully saturated rings. The normalized spacial score (nSPS) is 16.1. The van der Waals surface area contributed by atoms with E-state index in [9.17, 15) is 4.79 Å². The highest BCUT2D eigenvalue weighted by Gasteiger charge is 2.26. The molecule has 1 amide bonds. The summed E-state index contributed by atoms with van der Waals surface area (Å²) in [6.45, 7) is 4.98. The average molecular weight is 344 g/mol. The summed E-state index contributed by atoms with van der Waals surface area (Å²) in [5.41, 5.74) is 4.57. The summed E-state index contributed by atoms with van der Waals surface area (Å²) in [7, 11) is 0. The molecule has 26 heavy (non-hydrogen) atoms. The van der Waals surface area contributed by atoms with Crippen LogP contribution in [0.5, 0.6) is 0 Å². The predicted octanol–water partition coefficient (Wildman–Crippen LogP) is 2.55. The summed E-state index contributed by atoms with van der Waals surface area (Å²) in [6.07, 6.45) is 2.59. The highest BCUT2D eigenvalue weighted by molar-refractivity contribution is 6.00. The number of carbonyl (C=O) groups excluding carboxylic acids is 1. The molecule has 0 N–H and O–H groups in total. The SMILES string of the molecule is Cc1cccc(N2CCN(C(=O)C3=Cc4cc(C#N)ccc4C3)CC2)n1. The van der Waals surface area contributed by atoms with Crippen molar-refractivity contribution in [2.45, 2.75) is 13.3 Å². The molecule has 0 saturated carbocycles. The molecule has 1 aliphatic heterocycles. The van der Waals surface area contributed by atoms with E-state index in [1.165, 1.54) is 0 Å². The van der Waals surface area contributed by atoms with Crippen LogP contribution in [0.2, 0.25) is 0 Å². The van der Waals surface area contributed by atoms with Crippen LogP contribution in [0.3, 0.4) is 0 Å². The fourth-order valence-corrected chi connectivity index (χ4v) is 3.59. The Bertz CT molecular complexity index is 933. The standard InChI is InChI=1S/C21H20N4O/c1-15-3-2-4-20(23-15)24-7-9-25(10-8-24)21(26)19-12-17-6-5-16(14-22)11-18(17)13-19/h2-6,11,13H,7-10,12H2,1H3. The van der Waals surface area contributed by atoms with Crippen LogP contribution >= 0.6 is 0 Å². The number of anilines is 1. The molecular weight excluding hydrogens is 324 g/mol. The van der Waals surface area contributed by atoms with Gasteiger partial charge < -0.3 is 9.80 Å². The summed E-state index contributed by atoms with van der Waals surface area (Å²) in [6, 6.07) is 13.8. The van der Waals surface area contributed by atoms with Gasteiger partial charge in [-0.3, -0.25) is 4.79 Å². The Morgan fingerprint density at radius 3 is 2.69 bits per heavy atom. The van der Waals surface area contributed by atoms with Crippen LogP contribution in [-0.2, 0) is 11.2 Å². The Balaban J connectivity index is 1.42. The number of carbonyl (C=O) groups is 1. The van der Waals surface area contributed by atoms with Crippen LogP contribution in [0.15, 0.2) is 42.0 Å². The molecule has 130 valence electrons. The summed E-state index contributed by atoms with van der Waals surface area (Å²) in [4.78, 5) is 21.6. The molecule has 2 aliphatic rings. The van der Waals surface area contributed by atoms with Crippen molar-refractivity contribution in [3.63, 3.8) is 0 Å².